The van der Waals surface area contributed by atoms with Crippen LogP contribution >= 0.6 is 0 Å². The molecule has 23 heavy (non-hydrogen) atoms. The van der Waals surface area contributed by atoms with Gasteiger partial charge in [0.15, 0.2) is 5.72 Å². The van der Waals surface area contributed by atoms with Gasteiger partial charge < -0.3 is 9.64 Å². The van der Waals surface area contributed by atoms with Gasteiger partial charge in [-0.3, -0.25) is 9.69 Å². The van der Waals surface area contributed by atoms with Crippen molar-refractivity contribution in [2.75, 3.05) is 19.7 Å². The predicted molar refractivity (Wildman–Crippen MR) is 87.8 cm³/mol. The van der Waals surface area contributed by atoms with Crippen molar-refractivity contribution in [1.82, 2.24) is 9.80 Å². The number of rotatable bonds is 2. The normalized spacial score (nSPS) is 30.2. The van der Waals surface area contributed by atoms with Crippen LogP contribution in [0.3, 0.4) is 0 Å². The molecule has 4 heteroatoms. The first-order chi connectivity index (χ1) is 11.3. The Bertz CT molecular complexity index is 785. The molecule has 0 N–H and O–H groups in total. The van der Waals surface area contributed by atoms with Crippen molar-refractivity contribution < 1.29 is 9.53 Å². The van der Waals surface area contributed by atoms with Crippen molar-refractivity contribution >= 4 is 16.7 Å². The van der Waals surface area contributed by atoms with Crippen LogP contribution in [-0.4, -0.2) is 47.2 Å². The minimum absolute atomic E-state index is 0.205. The van der Waals surface area contributed by atoms with Crippen LogP contribution in [0, 0.1) is 0 Å². The molecular formula is C19H20N2O2. The van der Waals surface area contributed by atoms with E-state index >= 15 is 0 Å². The molecule has 2 aromatic rings. The Kier molecular flexibility index (Phi) is 2.82. The highest BCUT2D eigenvalue weighted by Gasteiger charge is 2.61. The van der Waals surface area contributed by atoms with Crippen LogP contribution in [0.25, 0.3) is 10.8 Å². The molecule has 0 radical (unpaired) electrons. The van der Waals surface area contributed by atoms with E-state index in [1.807, 2.05) is 4.90 Å². The average Bonchev–Trinajstić information content (AvgIpc) is 3.21. The molecule has 0 unspecified atom stereocenters. The molecule has 2 atom stereocenters. The highest BCUT2D eigenvalue weighted by Crippen LogP contribution is 2.46. The van der Waals surface area contributed by atoms with E-state index < -0.39 is 0 Å². The number of fused-ring (bicyclic) bond motifs is 1. The van der Waals surface area contributed by atoms with Gasteiger partial charge in [-0.15, -0.1) is 0 Å². The number of amides is 1. The van der Waals surface area contributed by atoms with E-state index in [1.165, 1.54) is 16.3 Å². The van der Waals surface area contributed by atoms with Crippen LogP contribution in [0.2, 0.25) is 0 Å². The van der Waals surface area contributed by atoms with Gasteiger partial charge in [-0.1, -0.05) is 42.5 Å². The van der Waals surface area contributed by atoms with Crippen molar-refractivity contribution in [3.8, 4) is 0 Å². The fourth-order valence-corrected chi connectivity index (χ4v) is 4.71. The van der Waals surface area contributed by atoms with E-state index in [0.29, 0.717) is 13.0 Å². The van der Waals surface area contributed by atoms with E-state index in [2.05, 4.69) is 47.4 Å². The first-order valence-corrected chi connectivity index (χ1v) is 8.43. The number of benzene rings is 2. The summed E-state index contributed by atoms with van der Waals surface area (Å²) in [7, 11) is 0. The largest absolute Gasteiger partial charge is 0.352 e. The fraction of sp³-hybridized carbons (Fsp3) is 0.421. The maximum Gasteiger partial charge on any atom is 0.226 e. The van der Waals surface area contributed by atoms with E-state index in [1.54, 1.807) is 0 Å². The number of carbonyl (C=O) groups is 1. The Hall–Kier alpha value is -1.91. The predicted octanol–water partition coefficient (Wildman–Crippen LogP) is 2.37. The summed E-state index contributed by atoms with van der Waals surface area (Å²) in [5.74, 6) is 0.259. The molecule has 0 aromatic heterocycles. The van der Waals surface area contributed by atoms with Gasteiger partial charge in [0.2, 0.25) is 5.91 Å². The standard InChI is InChI=1S/C19H20N2O2/c22-18-12-17-19(21(18)10-11-23-19)8-9-20(17)13-15-6-3-5-14-4-1-2-7-16(14)15/h1-7,17H,8-13H2/t17-,19+/m1/s1. The molecule has 0 aliphatic carbocycles. The quantitative estimate of drug-likeness (QED) is 0.854. The van der Waals surface area contributed by atoms with Crippen molar-refractivity contribution in [2.24, 2.45) is 0 Å². The topological polar surface area (TPSA) is 32.8 Å². The van der Waals surface area contributed by atoms with Gasteiger partial charge in [0, 0.05) is 32.5 Å². The van der Waals surface area contributed by atoms with Gasteiger partial charge in [0.1, 0.15) is 0 Å². The monoisotopic (exact) mass is 308 g/mol. The third-order valence-electron chi connectivity index (χ3n) is 5.76. The van der Waals surface area contributed by atoms with E-state index in [0.717, 1.165) is 26.1 Å². The molecule has 118 valence electrons. The Balaban J connectivity index is 1.48. The summed E-state index contributed by atoms with van der Waals surface area (Å²) in [6.07, 6.45) is 1.54. The first-order valence-electron chi connectivity index (χ1n) is 8.43. The number of likely N-dealkylation sites (tertiary alicyclic amines) is 1. The highest BCUT2D eigenvalue weighted by atomic mass is 16.5. The fourth-order valence-electron chi connectivity index (χ4n) is 4.71. The lowest BCUT2D eigenvalue weighted by Crippen LogP contribution is -2.47. The lowest BCUT2D eigenvalue weighted by atomic mass is 10.0. The van der Waals surface area contributed by atoms with Crippen LogP contribution < -0.4 is 0 Å². The van der Waals surface area contributed by atoms with E-state index in [9.17, 15) is 4.79 Å². The highest BCUT2D eigenvalue weighted by molar-refractivity contribution is 5.85. The number of ether oxygens (including phenoxy) is 1. The van der Waals surface area contributed by atoms with Crippen molar-refractivity contribution in [3.63, 3.8) is 0 Å². The summed E-state index contributed by atoms with van der Waals surface area (Å²) in [6, 6.07) is 15.2. The van der Waals surface area contributed by atoms with Gasteiger partial charge >= 0.3 is 0 Å². The third kappa shape index (κ3) is 1.82. The molecule has 0 bridgehead atoms. The van der Waals surface area contributed by atoms with E-state index in [-0.39, 0.29) is 17.7 Å². The Labute approximate surface area is 135 Å². The number of hydrogen-bond acceptors (Lipinski definition) is 3. The molecule has 2 aromatic carbocycles. The summed E-state index contributed by atoms with van der Waals surface area (Å²) >= 11 is 0. The van der Waals surface area contributed by atoms with Gasteiger partial charge in [0.25, 0.3) is 0 Å². The second-order valence-corrected chi connectivity index (χ2v) is 6.82. The zero-order valence-corrected chi connectivity index (χ0v) is 13.1. The summed E-state index contributed by atoms with van der Waals surface area (Å²) in [6.45, 7) is 3.33. The Morgan fingerprint density at radius 3 is 2.96 bits per heavy atom. The smallest absolute Gasteiger partial charge is 0.226 e. The molecule has 3 fully saturated rings. The summed E-state index contributed by atoms with van der Waals surface area (Å²) < 4.78 is 6.08. The molecule has 0 saturated carbocycles. The molecule has 3 heterocycles. The van der Waals surface area contributed by atoms with Crippen LogP contribution in [0.1, 0.15) is 18.4 Å². The second-order valence-electron chi connectivity index (χ2n) is 6.82. The van der Waals surface area contributed by atoms with Crippen LogP contribution in [0.15, 0.2) is 42.5 Å². The van der Waals surface area contributed by atoms with Crippen molar-refractivity contribution in [2.45, 2.75) is 31.2 Å². The first kappa shape index (κ1) is 13.5. The Morgan fingerprint density at radius 2 is 2.00 bits per heavy atom. The maximum absolute atomic E-state index is 12.3. The zero-order valence-electron chi connectivity index (χ0n) is 13.1. The van der Waals surface area contributed by atoms with Crippen LogP contribution in [-0.2, 0) is 16.1 Å². The molecule has 1 amide bonds. The van der Waals surface area contributed by atoms with Gasteiger partial charge in [-0.25, -0.2) is 0 Å². The van der Waals surface area contributed by atoms with Crippen molar-refractivity contribution in [3.05, 3.63) is 48.0 Å². The lowest BCUT2D eigenvalue weighted by Gasteiger charge is -2.31. The van der Waals surface area contributed by atoms with Gasteiger partial charge in [-0.2, -0.15) is 0 Å². The van der Waals surface area contributed by atoms with Gasteiger partial charge in [0.05, 0.1) is 12.6 Å². The zero-order chi connectivity index (χ0) is 15.4. The SMILES string of the molecule is O=C1C[C@H]2N(Cc3cccc4ccccc34)CC[C@]23OCCN13. The van der Waals surface area contributed by atoms with Crippen LogP contribution in [0.5, 0.6) is 0 Å². The summed E-state index contributed by atoms with van der Waals surface area (Å²) in [5.41, 5.74) is 1.01. The molecule has 3 saturated heterocycles. The molecule has 3 aliphatic heterocycles. The van der Waals surface area contributed by atoms with Crippen LogP contribution in [0.4, 0.5) is 0 Å². The Morgan fingerprint density at radius 1 is 1.13 bits per heavy atom. The summed E-state index contributed by atoms with van der Waals surface area (Å²) in [5, 5.41) is 2.59. The molecule has 5 rings (SSSR count). The third-order valence-corrected chi connectivity index (χ3v) is 5.76. The number of hydrogen-bond donors (Lipinski definition) is 0. The number of nitrogens with zero attached hydrogens (tertiary/aromatic N) is 2. The van der Waals surface area contributed by atoms with E-state index in [4.69, 9.17) is 4.74 Å². The maximum atomic E-state index is 12.3. The second kappa shape index (κ2) is 4.79. The van der Waals surface area contributed by atoms with Gasteiger partial charge in [-0.05, 0) is 16.3 Å². The number of carbonyl (C=O) groups excluding carboxylic acids is 1. The molecule has 4 nitrogen and oxygen atoms in total. The summed E-state index contributed by atoms with van der Waals surface area (Å²) in [4.78, 5) is 16.7. The average molecular weight is 308 g/mol. The molecule has 3 aliphatic rings. The molecule has 1 spiro atoms. The van der Waals surface area contributed by atoms with Crippen molar-refractivity contribution in [1.29, 1.82) is 0 Å². The minimum Gasteiger partial charge on any atom is -0.352 e. The minimum atomic E-state index is -0.332. The lowest BCUT2D eigenvalue weighted by molar-refractivity contribution is -0.136. The molecular weight excluding hydrogens is 288 g/mol.